The molecule has 1 N–H and O–H groups in total. The van der Waals surface area contributed by atoms with E-state index in [2.05, 4.69) is 17.3 Å². The van der Waals surface area contributed by atoms with E-state index in [0.717, 1.165) is 45.4 Å². The van der Waals surface area contributed by atoms with Crippen molar-refractivity contribution in [2.45, 2.75) is 32.1 Å². The van der Waals surface area contributed by atoms with Gasteiger partial charge in [0.05, 0.1) is 35.6 Å². The number of carbonyl (C=O) groups is 5. The van der Waals surface area contributed by atoms with Crippen LogP contribution in [-0.4, -0.2) is 104 Å². The molecule has 1 saturated heterocycles. The van der Waals surface area contributed by atoms with Gasteiger partial charge < -0.3 is 29.5 Å². The van der Waals surface area contributed by atoms with Crippen molar-refractivity contribution in [2.24, 2.45) is 0 Å². The summed E-state index contributed by atoms with van der Waals surface area (Å²) in [5.41, 5.74) is 2.69. The Balaban J connectivity index is 0.957. The Bertz CT molecular complexity index is 1970. The van der Waals surface area contributed by atoms with Crippen molar-refractivity contribution in [1.82, 2.24) is 14.7 Å². The zero-order valence-corrected chi connectivity index (χ0v) is 31.4. The van der Waals surface area contributed by atoms with Crippen LogP contribution in [0.15, 0.2) is 97.1 Å². The Hall–Kier alpha value is -6.01. The first kappa shape index (κ1) is 38.7. The Morgan fingerprint density at radius 1 is 0.691 bits per heavy atom. The van der Waals surface area contributed by atoms with Crippen molar-refractivity contribution in [3.05, 3.63) is 119 Å². The second-order valence-electron chi connectivity index (χ2n) is 13.7. The number of rotatable bonds is 16. The number of hydrogen-bond acceptors (Lipinski definition) is 8. The number of hydrogen-bond donors (Lipinski definition) is 1. The van der Waals surface area contributed by atoms with Crippen LogP contribution in [0, 0.1) is 0 Å². The summed E-state index contributed by atoms with van der Waals surface area (Å²) in [7, 11) is 3.77. The molecule has 2 aliphatic heterocycles. The third-order valence-electron chi connectivity index (χ3n) is 9.86. The molecular formula is C43H47N5O7. The van der Waals surface area contributed by atoms with Gasteiger partial charge in [-0.25, -0.2) is 0 Å². The predicted octanol–water partition coefficient (Wildman–Crippen LogP) is 5.99. The number of fused-ring (bicyclic) bond motifs is 1. The van der Waals surface area contributed by atoms with Gasteiger partial charge in [-0.2, -0.15) is 0 Å². The van der Waals surface area contributed by atoms with Crippen LogP contribution in [0.4, 0.5) is 11.4 Å². The maximum absolute atomic E-state index is 13.5. The topological polar surface area (TPSA) is 129 Å². The average molecular weight is 746 g/mol. The lowest BCUT2D eigenvalue weighted by Crippen LogP contribution is -2.47. The molecule has 4 aromatic rings. The minimum absolute atomic E-state index is 0.190. The van der Waals surface area contributed by atoms with E-state index in [1.165, 1.54) is 4.90 Å². The molecule has 4 aromatic carbocycles. The monoisotopic (exact) mass is 745 g/mol. The summed E-state index contributed by atoms with van der Waals surface area (Å²) in [6.45, 7) is 4.29. The highest BCUT2D eigenvalue weighted by atomic mass is 16.5. The lowest BCUT2D eigenvalue weighted by molar-refractivity contribution is -0.132. The number of anilines is 2. The number of benzene rings is 4. The average Bonchev–Trinajstić information content (AvgIpc) is 3.45. The molecule has 0 saturated carbocycles. The van der Waals surface area contributed by atoms with E-state index in [-0.39, 0.29) is 42.7 Å². The Kier molecular flexibility index (Phi) is 12.9. The van der Waals surface area contributed by atoms with Crippen LogP contribution in [0.3, 0.4) is 0 Å². The molecular weight excluding hydrogens is 699 g/mol. The van der Waals surface area contributed by atoms with Gasteiger partial charge in [-0.05, 0) is 93.4 Å². The number of para-hydroxylation sites is 3. The Morgan fingerprint density at radius 3 is 2.00 bits per heavy atom. The van der Waals surface area contributed by atoms with Crippen LogP contribution in [0.1, 0.15) is 73.5 Å². The molecule has 0 radical (unpaired) electrons. The molecule has 0 spiro atoms. The number of amides is 5. The minimum Gasteiger partial charge on any atom is -0.493 e. The molecule has 1 fully saturated rings. The Morgan fingerprint density at radius 2 is 1.29 bits per heavy atom. The summed E-state index contributed by atoms with van der Waals surface area (Å²) < 4.78 is 12.0. The fraction of sp³-hybridized carbons (Fsp3) is 0.326. The van der Waals surface area contributed by atoms with Crippen molar-refractivity contribution in [2.75, 3.05) is 70.2 Å². The third-order valence-corrected chi connectivity index (χ3v) is 9.86. The second-order valence-corrected chi connectivity index (χ2v) is 13.7. The maximum atomic E-state index is 13.5. The van der Waals surface area contributed by atoms with Gasteiger partial charge >= 0.3 is 0 Å². The summed E-state index contributed by atoms with van der Waals surface area (Å²) in [4.78, 5) is 71.6. The molecule has 6 rings (SSSR count). The number of likely N-dealkylation sites (N-methyl/N-ethyl adjacent to an activating group) is 1. The molecule has 0 atom stereocenters. The highest BCUT2D eigenvalue weighted by Crippen LogP contribution is 2.29. The second kappa shape index (κ2) is 18.4. The molecule has 2 heterocycles. The number of piperazine rings is 1. The maximum Gasteiger partial charge on any atom is 0.261 e. The van der Waals surface area contributed by atoms with Crippen molar-refractivity contribution in [3.8, 4) is 11.5 Å². The molecule has 12 heteroatoms. The minimum atomic E-state index is -0.389. The summed E-state index contributed by atoms with van der Waals surface area (Å²) in [5, 5.41) is 2.87. The fourth-order valence-electron chi connectivity index (χ4n) is 6.63. The van der Waals surface area contributed by atoms with Gasteiger partial charge in [-0.1, -0.05) is 36.4 Å². The van der Waals surface area contributed by atoms with Gasteiger partial charge in [0.15, 0.2) is 0 Å². The number of nitrogens with one attached hydrogen (secondary N) is 1. The van der Waals surface area contributed by atoms with E-state index < -0.39 is 0 Å². The van der Waals surface area contributed by atoms with Crippen molar-refractivity contribution in [1.29, 1.82) is 0 Å². The number of nitrogens with zero attached hydrogens (tertiary/aromatic N) is 4. The zero-order valence-electron chi connectivity index (χ0n) is 31.4. The predicted molar refractivity (Wildman–Crippen MR) is 210 cm³/mol. The molecule has 12 nitrogen and oxygen atoms in total. The van der Waals surface area contributed by atoms with Crippen molar-refractivity contribution >= 4 is 40.9 Å². The van der Waals surface area contributed by atoms with Gasteiger partial charge in [-0.3, -0.25) is 28.9 Å². The van der Waals surface area contributed by atoms with Crippen LogP contribution in [0.25, 0.3) is 0 Å². The van der Waals surface area contributed by atoms with Gasteiger partial charge in [-0.15, -0.1) is 0 Å². The number of ether oxygens (including phenoxy) is 2. The lowest BCUT2D eigenvalue weighted by atomic mass is 10.1. The summed E-state index contributed by atoms with van der Waals surface area (Å²) in [6, 6.07) is 27.6. The third kappa shape index (κ3) is 9.57. The molecule has 286 valence electrons. The quantitative estimate of drug-likeness (QED) is 0.109. The van der Waals surface area contributed by atoms with E-state index in [1.807, 2.05) is 29.2 Å². The molecule has 5 amide bonds. The van der Waals surface area contributed by atoms with Gasteiger partial charge in [0.25, 0.3) is 23.6 Å². The molecule has 2 aliphatic rings. The van der Waals surface area contributed by atoms with Crippen LogP contribution >= 0.6 is 0 Å². The molecule has 55 heavy (non-hydrogen) atoms. The van der Waals surface area contributed by atoms with Crippen LogP contribution in [0.2, 0.25) is 0 Å². The van der Waals surface area contributed by atoms with Gasteiger partial charge in [0.1, 0.15) is 11.5 Å². The molecule has 0 unspecified atom stereocenters. The first-order valence-electron chi connectivity index (χ1n) is 18.8. The first-order chi connectivity index (χ1) is 26.7. The van der Waals surface area contributed by atoms with Gasteiger partial charge in [0.2, 0.25) is 5.91 Å². The highest BCUT2D eigenvalue weighted by molar-refractivity contribution is 6.21. The molecule has 0 aromatic heterocycles. The number of imide groups is 1. The van der Waals surface area contributed by atoms with Crippen LogP contribution < -0.4 is 19.7 Å². The van der Waals surface area contributed by atoms with E-state index in [9.17, 15) is 24.0 Å². The standard InChI is InChI=1S/C43H47N5O7/c1-45-25-27-47(28-26-45)39(49)19-4-3-11-29-55-38-18-10-8-16-36(38)46(2)41(51)31-20-22-32(23-21-31)44-40(50)35-15-7-9-17-37(35)54-30-12-24-48-42(52)33-13-5-6-14-34(33)43(48)53/h5-10,13-18,20-23H,3-4,11-12,19,24-30H2,1-2H3,(H,44,50). The van der Waals surface area contributed by atoms with Crippen molar-refractivity contribution < 1.29 is 33.4 Å². The van der Waals surface area contributed by atoms with E-state index in [1.54, 1.807) is 84.7 Å². The van der Waals surface area contributed by atoms with Crippen LogP contribution in [-0.2, 0) is 4.79 Å². The SMILES string of the molecule is CN1CCN(C(=O)CCCCCOc2ccccc2N(C)C(=O)c2ccc(NC(=O)c3ccccc3OCCCN3C(=O)c4ccccc4C3=O)cc2)CC1. The van der Waals surface area contributed by atoms with E-state index >= 15 is 0 Å². The number of carbonyl (C=O) groups excluding carboxylic acids is 5. The summed E-state index contributed by atoms with van der Waals surface area (Å²) in [5.74, 6) is -0.0742. The first-order valence-corrected chi connectivity index (χ1v) is 18.8. The summed E-state index contributed by atoms with van der Waals surface area (Å²) in [6.07, 6.45) is 3.42. The number of unbranched alkanes of at least 4 members (excludes halogenated alkanes) is 2. The molecule has 0 aliphatic carbocycles. The Labute approximate surface area is 321 Å². The fourth-order valence-corrected chi connectivity index (χ4v) is 6.63. The largest absolute Gasteiger partial charge is 0.493 e. The highest BCUT2D eigenvalue weighted by Gasteiger charge is 2.34. The lowest BCUT2D eigenvalue weighted by Gasteiger charge is -2.32. The normalized spacial score (nSPS) is 14.1. The molecule has 0 bridgehead atoms. The van der Waals surface area contributed by atoms with E-state index in [0.29, 0.717) is 64.6 Å². The van der Waals surface area contributed by atoms with Gasteiger partial charge in [0, 0.05) is 57.4 Å². The van der Waals surface area contributed by atoms with Crippen molar-refractivity contribution in [3.63, 3.8) is 0 Å². The van der Waals surface area contributed by atoms with Crippen LogP contribution in [0.5, 0.6) is 11.5 Å². The summed E-state index contributed by atoms with van der Waals surface area (Å²) >= 11 is 0. The smallest absolute Gasteiger partial charge is 0.261 e. The zero-order chi connectivity index (χ0) is 38.7. The van der Waals surface area contributed by atoms with E-state index in [4.69, 9.17) is 9.47 Å².